The maximum Gasteiger partial charge on any atom is 0.492 e. The number of fused-ring (bicyclic) bond motifs is 1. The summed E-state index contributed by atoms with van der Waals surface area (Å²) < 4.78 is 5.78. The lowest BCUT2D eigenvalue weighted by Crippen LogP contribution is -2.29. The average molecular weight is 254 g/mol. The molecule has 1 aliphatic heterocycles. The molecule has 0 saturated heterocycles. The molecule has 2 nitrogen and oxygen atoms in total. The van der Waals surface area contributed by atoms with E-state index < -0.39 is 12.7 Å². The van der Waals surface area contributed by atoms with Crippen molar-refractivity contribution in [3.63, 3.8) is 0 Å². The van der Waals surface area contributed by atoms with Gasteiger partial charge >= 0.3 is 7.12 Å². The van der Waals surface area contributed by atoms with Crippen molar-refractivity contribution >= 4 is 12.6 Å². The lowest BCUT2D eigenvalue weighted by atomic mass is 9.77. The third kappa shape index (κ3) is 2.44. The molecule has 98 valence electrons. The lowest BCUT2D eigenvalue weighted by Gasteiger charge is -2.26. The fourth-order valence-corrected chi connectivity index (χ4v) is 2.69. The highest BCUT2D eigenvalue weighted by atomic mass is 16.5. The zero-order valence-electron chi connectivity index (χ0n) is 10.3. The van der Waals surface area contributed by atoms with Crippen molar-refractivity contribution < 1.29 is 9.68 Å². The van der Waals surface area contributed by atoms with Gasteiger partial charge in [-0.1, -0.05) is 62.0 Å². The Morgan fingerprint density at radius 2 is 1.68 bits per heavy atom. The van der Waals surface area contributed by atoms with Crippen LogP contribution in [0.4, 0.5) is 0 Å². The molecule has 0 saturated carbocycles. The van der Waals surface area contributed by atoms with Gasteiger partial charge in [-0.2, -0.15) is 0 Å². The second-order valence-electron chi connectivity index (χ2n) is 4.95. The first-order valence-electron chi connectivity index (χ1n) is 6.18. The van der Waals surface area contributed by atoms with E-state index in [2.05, 4.69) is 12.1 Å². The summed E-state index contributed by atoms with van der Waals surface area (Å²) in [6.07, 6.45) is 0.766. The molecule has 0 amide bonds. The van der Waals surface area contributed by atoms with Crippen molar-refractivity contribution in [2.45, 2.75) is 26.4 Å². The van der Waals surface area contributed by atoms with Gasteiger partial charge in [-0.15, -0.1) is 0 Å². The fraction of sp³-hybridized carbons (Fsp3) is 0.250. The normalized spacial score (nSPS) is 20.8. The first kappa shape index (κ1) is 13.8. The maximum absolute atomic E-state index is 9.97. The molecule has 0 spiro atoms. The van der Waals surface area contributed by atoms with Crippen molar-refractivity contribution in [3.05, 3.63) is 65.7 Å². The molecule has 1 N–H and O–H groups in total. The van der Waals surface area contributed by atoms with E-state index in [4.69, 9.17) is 4.65 Å². The zero-order valence-corrected chi connectivity index (χ0v) is 10.3. The monoisotopic (exact) mass is 254 g/mol. The van der Waals surface area contributed by atoms with Gasteiger partial charge < -0.3 is 9.68 Å². The van der Waals surface area contributed by atoms with Crippen LogP contribution in [0.5, 0.6) is 0 Å². The molecule has 1 atom stereocenters. The van der Waals surface area contributed by atoms with Crippen LogP contribution < -0.4 is 5.46 Å². The molecule has 1 aliphatic rings. The molecule has 19 heavy (non-hydrogen) atoms. The van der Waals surface area contributed by atoms with Gasteiger partial charge in [0.1, 0.15) is 0 Å². The van der Waals surface area contributed by atoms with Crippen LogP contribution in [0.15, 0.2) is 54.6 Å². The summed E-state index contributed by atoms with van der Waals surface area (Å²) >= 11 is 0. The standard InChI is InChI=1S/C15H15BO2.CH4/c1-15(11-12-7-3-2-4-8-12)13-9-5-6-10-14(13)16(17)18-15;/h2-10,17H,11H2,1H3;1H4. The molecule has 0 bridgehead atoms. The van der Waals surface area contributed by atoms with E-state index in [-0.39, 0.29) is 7.43 Å². The maximum atomic E-state index is 9.97. The lowest BCUT2D eigenvalue weighted by molar-refractivity contribution is 0.0806. The van der Waals surface area contributed by atoms with E-state index in [0.29, 0.717) is 0 Å². The van der Waals surface area contributed by atoms with Crippen molar-refractivity contribution in [1.82, 2.24) is 0 Å². The average Bonchev–Trinajstić information content (AvgIpc) is 2.63. The molecular formula is C16H19BO2. The Kier molecular flexibility index (Phi) is 3.79. The minimum atomic E-state index is -0.810. The minimum absolute atomic E-state index is 0. The smallest absolute Gasteiger partial charge is 0.423 e. The first-order valence-corrected chi connectivity index (χ1v) is 6.18. The molecule has 0 aliphatic carbocycles. The molecule has 0 radical (unpaired) electrons. The van der Waals surface area contributed by atoms with Crippen molar-refractivity contribution in [1.29, 1.82) is 0 Å². The topological polar surface area (TPSA) is 29.5 Å². The summed E-state index contributed by atoms with van der Waals surface area (Å²) in [7, 11) is -0.810. The third-order valence-electron chi connectivity index (χ3n) is 3.55. The largest absolute Gasteiger partial charge is 0.492 e. The summed E-state index contributed by atoms with van der Waals surface area (Å²) in [5.74, 6) is 0. The van der Waals surface area contributed by atoms with Gasteiger partial charge in [0.05, 0.1) is 5.60 Å². The van der Waals surface area contributed by atoms with E-state index in [1.165, 1.54) is 5.56 Å². The Balaban J connectivity index is 0.00000133. The van der Waals surface area contributed by atoms with E-state index in [0.717, 1.165) is 17.4 Å². The van der Waals surface area contributed by atoms with Crippen molar-refractivity contribution in [3.8, 4) is 0 Å². The number of hydrogen-bond acceptors (Lipinski definition) is 2. The van der Waals surface area contributed by atoms with Crippen LogP contribution >= 0.6 is 0 Å². The number of benzene rings is 2. The highest BCUT2D eigenvalue weighted by Gasteiger charge is 2.43. The molecule has 3 rings (SSSR count). The van der Waals surface area contributed by atoms with Gasteiger partial charge in [0.15, 0.2) is 0 Å². The molecular weight excluding hydrogens is 235 g/mol. The SMILES string of the molecule is C.CC1(Cc2ccccc2)OB(O)c2ccccc21. The van der Waals surface area contributed by atoms with Crippen LogP contribution in [0.1, 0.15) is 25.5 Å². The highest BCUT2D eigenvalue weighted by Crippen LogP contribution is 2.33. The molecule has 1 unspecified atom stereocenters. The molecule has 0 fully saturated rings. The van der Waals surface area contributed by atoms with Crippen molar-refractivity contribution in [2.24, 2.45) is 0 Å². The minimum Gasteiger partial charge on any atom is -0.423 e. The van der Waals surface area contributed by atoms with E-state index in [1.807, 2.05) is 49.4 Å². The van der Waals surface area contributed by atoms with Crippen LogP contribution in [0.2, 0.25) is 0 Å². The molecule has 2 aromatic rings. The van der Waals surface area contributed by atoms with Crippen LogP contribution in [-0.2, 0) is 16.7 Å². The quantitative estimate of drug-likeness (QED) is 0.834. The Morgan fingerprint density at radius 3 is 2.42 bits per heavy atom. The first-order chi connectivity index (χ1) is 8.69. The van der Waals surface area contributed by atoms with Gasteiger partial charge in [-0.25, -0.2) is 0 Å². The predicted octanol–water partition coefficient (Wildman–Crippen LogP) is 2.50. The summed E-state index contributed by atoms with van der Waals surface area (Å²) in [6, 6.07) is 18.1. The predicted molar refractivity (Wildman–Crippen MR) is 79.4 cm³/mol. The van der Waals surface area contributed by atoms with Crippen LogP contribution in [-0.4, -0.2) is 12.1 Å². The third-order valence-corrected chi connectivity index (χ3v) is 3.55. The summed E-state index contributed by atoms with van der Waals surface area (Å²) in [4.78, 5) is 0. The second kappa shape index (κ2) is 5.20. The highest BCUT2D eigenvalue weighted by molar-refractivity contribution is 6.61. The summed E-state index contributed by atoms with van der Waals surface area (Å²) in [5, 5.41) is 9.97. The van der Waals surface area contributed by atoms with Gasteiger partial charge in [0.25, 0.3) is 0 Å². The van der Waals surface area contributed by atoms with Crippen molar-refractivity contribution in [2.75, 3.05) is 0 Å². The Labute approximate surface area is 115 Å². The summed E-state index contributed by atoms with van der Waals surface area (Å²) in [6.45, 7) is 2.04. The van der Waals surface area contributed by atoms with Gasteiger partial charge in [-0.05, 0) is 23.5 Å². The molecule has 3 heteroatoms. The summed E-state index contributed by atoms with van der Waals surface area (Å²) in [5.41, 5.74) is 2.73. The number of hydrogen-bond donors (Lipinski definition) is 1. The van der Waals surface area contributed by atoms with Crippen LogP contribution in [0, 0.1) is 0 Å². The zero-order chi connectivity index (χ0) is 12.6. The van der Waals surface area contributed by atoms with E-state index in [9.17, 15) is 5.02 Å². The fourth-order valence-electron chi connectivity index (χ4n) is 2.69. The number of rotatable bonds is 2. The van der Waals surface area contributed by atoms with E-state index >= 15 is 0 Å². The Hall–Kier alpha value is -1.58. The molecule has 2 aromatic carbocycles. The second-order valence-corrected chi connectivity index (χ2v) is 4.95. The molecule has 1 heterocycles. The van der Waals surface area contributed by atoms with Crippen LogP contribution in [0.3, 0.4) is 0 Å². The van der Waals surface area contributed by atoms with Gasteiger partial charge in [0.2, 0.25) is 0 Å². The Morgan fingerprint density at radius 1 is 1.05 bits per heavy atom. The molecule has 0 aromatic heterocycles. The van der Waals surface area contributed by atoms with Crippen LogP contribution in [0.25, 0.3) is 0 Å². The van der Waals surface area contributed by atoms with E-state index in [1.54, 1.807) is 0 Å². The Bertz CT molecular complexity index is 556. The van der Waals surface area contributed by atoms with Gasteiger partial charge in [-0.3, -0.25) is 0 Å². The van der Waals surface area contributed by atoms with Gasteiger partial charge in [0, 0.05) is 6.42 Å².